The van der Waals surface area contributed by atoms with E-state index in [0.29, 0.717) is 0 Å². The zero-order chi connectivity index (χ0) is 6.97. The Morgan fingerprint density at radius 3 is 3.40 bits per heavy atom. The normalized spacial score (nSPS) is 40.1. The molecule has 0 N–H and O–H groups in total. The Morgan fingerprint density at radius 1 is 1.60 bits per heavy atom. The van der Waals surface area contributed by atoms with E-state index in [0.717, 1.165) is 11.2 Å². The van der Waals surface area contributed by atoms with Gasteiger partial charge in [0.05, 0.1) is 0 Å². The van der Waals surface area contributed by atoms with Crippen LogP contribution in [0.1, 0.15) is 6.42 Å². The Morgan fingerprint density at radius 2 is 2.50 bits per heavy atom. The lowest BCUT2D eigenvalue weighted by atomic mass is 9.98. The van der Waals surface area contributed by atoms with E-state index in [1.54, 1.807) is 0 Å². The fourth-order valence-electron chi connectivity index (χ4n) is 1.73. The Balaban J connectivity index is 2.01. The first-order chi connectivity index (χ1) is 4.86. The molecule has 0 aromatic carbocycles. The van der Waals surface area contributed by atoms with E-state index in [9.17, 15) is 0 Å². The summed E-state index contributed by atoms with van der Waals surface area (Å²) < 4.78 is 0. The van der Waals surface area contributed by atoms with E-state index in [4.69, 9.17) is 0 Å². The summed E-state index contributed by atoms with van der Waals surface area (Å²) in [6, 6.07) is 0. The molecule has 1 saturated heterocycles. The van der Waals surface area contributed by atoms with Crippen molar-refractivity contribution >= 4 is 11.8 Å². The van der Waals surface area contributed by atoms with Crippen LogP contribution >= 0.6 is 11.8 Å². The van der Waals surface area contributed by atoms with E-state index in [-0.39, 0.29) is 0 Å². The summed E-state index contributed by atoms with van der Waals surface area (Å²) in [7, 11) is 2.22. The van der Waals surface area contributed by atoms with Crippen LogP contribution in [0.2, 0.25) is 0 Å². The molecule has 0 bridgehead atoms. The van der Waals surface area contributed by atoms with Gasteiger partial charge in [0.1, 0.15) is 0 Å². The average Bonchev–Trinajstić information content (AvgIpc) is 2.33. The summed E-state index contributed by atoms with van der Waals surface area (Å²) >= 11 is 2.02. The molecule has 0 aromatic heterocycles. The third kappa shape index (κ3) is 1.10. The highest BCUT2D eigenvalue weighted by Crippen LogP contribution is 2.35. The highest BCUT2D eigenvalue weighted by atomic mass is 32.2. The van der Waals surface area contributed by atoms with Crippen molar-refractivity contribution in [1.82, 2.24) is 4.90 Å². The topological polar surface area (TPSA) is 3.24 Å². The van der Waals surface area contributed by atoms with Gasteiger partial charge in [0, 0.05) is 17.7 Å². The van der Waals surface area contributed by atoms with Gasteiger partial charge in [-0.1, -0.05) is 6.08 Å². The van der Waals surface area contributed by atoms with E-state index in [1.807, 2.05) is 11.8 Å². The van der Waals surface area contributed by atoms with Gasteiger partial charge >= 0.3 is 0 Å². The molecular formula is C8H13NS. The molecule has 10 heavy (non-hydrogen) atoms. The van der Waals surface area contributed by atoms with Crippen LogP contribution in [0.25, 0.3) is 0 Å². The number of hydrogen-bond acceptors (Lipinski definition) is 2. The van der Waals surface area contributed by atoms with E-state index in [1.165, 1.54) is 19.5 Å². The van der Waals surface area contributed by atoms with Crippen LogP contribution in [-0.2, 0) is 0 Å². The number of likely N-dealkylation sites (tertiary alicyclic amines) is 1. The van der Waals surface area contributed by atoms with Crippen molar-refractivity contribution in [3.63, 3.8) is 0 Å². The standard InChI is InChI=1S/C8H13NS/c1-9-4-2-8-7(6-9)3-5-10-8/h3,5,7-8H,2,4,6H2,1H3. The molecule has 0 amide bonds. The van der Waals surface area contributed by atoms with Crippen LogP contribution in [0, 0.1) is 5.92 Å². The van der Waals surface area contributed by atoms with Gasteiger partial charge in [-0.3, -0.25) is 0 Å². The van der Waals surface area contributed by atoms with Gasteiger partial charge in [-0.05, 0) is 25.4 Å². The minimum Gasteiger partial charge on any atom is -0.306 e. The molecule has 2 rings (SSSR count). The molecule has 2 atom stereocenters. The largest absolute Gasteiger partial charge is 0.306 e. The number of hydrogen-bond donors (Lipinski definition) is 0. The average molecular weight is 155 g/mol. The van der Waals surface area contributed by atoms with E-state index in [2.05, 4.69) is 23.4 Å². The van der Waals surface area contributed by atoms with Gasteiger partial charge in [-0.2, -0.15) is 0 Å². The minimum atomic E-state index is 0.851. The van der Waals surface area contributed by atoms with E-state index >= 15 is 0 Å². The van der Waals surface area contributed by atoms with Crippen LogP contribution in [-0.4, -0.2) is 30.3 Å². The third-order valence-electron chi connectivity index (χ3n) is 2.37. The molecule has 2 unspecified atom stereocenters. The van der Waals surface area contributed by atoms with Gasteiger partial charge in [0.25, 0.3) is 0 Å². The second kappa shape index (κ2) is 2.59. The van der Waals surface area contributed by atoms with E-state index < -0.39 is 0 Å². The SMILES string of the molecule is CN1CCC2SC=CC2C1. The molecule has 1 fully saturated rings. The maximum absolute atomic E-state index is 2.43. The number of thioether (sulfide) groups is 1. The van der Waals surface area contributed by atoms with Crippen molar-refractivity contribution in [2.24, 2.45) is 5.92 Å². The monoisotopic (exact) mass is 155 g/mol. The van der Waals surface area contributed by atoms with Crippen molar-refractivity contribution in [2.45, 2.75) is 11.7 Å². The predicted octanol–water partition coefficient (Wildman–Crippen LogP) is 1.57. The first-order valence-corrected chi connectivity index (χ1v) is 4.81. The second-order valence-corrected chi connectivity index (χ2v) is 4.37. The van der Waals surface area contributed by atoms with Crippen LogP contribution in [0.4, 0.5) is 0 Å². The molecular weight excluding hydrogens is 142 g/mol. The first-order valence-electron chi connectivity index (χ1n) is 3.87. The van der Waals surface area contributed by atoms with Gasteiger partial charge in [0.15, 0.2) is 0 Å². The smallest absolute Gasteiger partial charge is 0.0176 e. The van der Waals surface area contributed by atoms with Crippen LogP contribution in [0.15, 0.2) is 11.5 Å². The van der Waals surface area contributed by atoms with Gasteiger partial charge in [-0.15, -0.1) is 11.8 Å². The van der Waals surface area contributed by atoms with Crippen molar-refractivity contribution in [1.29, 1.82) is 0 Å². The molecule has 0 aliphatic carbocycles. The van der Waals surface area contributed by atoms with Crippen LogP contribution in [0.3, 0.4) is 0 Å². The van der Waals surface area contributed by atoms with Crippen molar-refractivity contribution < 1.29 is 0 Å². The lowest BCUT2D eigenvalue weighted by molar-refractivity contribution is 0.246. The zero-order valence-corrected chi connectivity index (χ0v) is 7.10. The zero-order valence-electron chi connectivity index (χ0n) is 6.29. The first kappa shape index (κ1) is 6.74. The van der Waals surface area contributed by atoms with Crippen molar-refractivity contribution in [3.05, 3.63) is 11.5 Å². The van der Waals surface area contributed by atoms with Gasteiger partial charge in [0.2, 0.25) is 0 Å². The summed E-state index contributed by atoms with van der Waals surface area (Å²) in [6.07, 6.45) is 3.74. The number of rotatable bonds is 0. The molecule has 0 radical (unpaired) electrons. The Bertz CT molecular complexity index is 155. The van der Waals surface area contributed by atoms with Crippen molar-refractivity contribution in [3.8, 4) is 0 Å². The number of fused-ring (bicyclic) bond motifs is 1. The Labute approximate surface area is 66.5 Å². The van der Waals surface area contributed by atoms with Gasteiger partial charge < -0.3 is 4.90 Å². The molecule has 0 spiro atoms. The van der Waals surface area contributed by atoms with Gasteiger partial charge in [-0.25, -0.2) is 0 Å². The highest BCUT2D eigenvalue weighted by Gasteiger charge is 2.28. The molecule has 56 valence electrons. The summed E-state index contributed by atoms with van der Waals surface area (Å²) in [5, 5.41) is 3.19. The summed E-state index contributed by atoms with van der Waals surface area (Å²) in [5.41, 5.74) is 0. The fourth-order valence-corrected chi connectivity index (χ4v) is 2.85. The fraction of sp³-hybridized carbons (Fsp3) is 0.750. The quantitative estimate of drug-likeness (QED) is 0.522. The maximum atomic E-state index is 2.43. The summed E-state index contributed by atoms with van der Waals surface area (Å²) in [6.45, 7) is 2.56. The minimum absolute atomic E-state index is 0.851. The Hall–Kier alpha value is 0.0500. The molecule has 2 aliphatic heterocycles. The Kier molecular flexibility index (Phi) is 1.75. The molecule has 0 saturated carbocycles. The molecule has 2 heteroatoms. The second-order valence-electron chi connectivity index (χ2n) is 3.22. The summed E-state index contributed by atoms with van der Waals surface area (Å²) in [5.74, 6) is 0.851. The van der Waals surface area contributed by atoms with Crippen LogP contribution < -0.4 is 0 Å². The van der Waals surface area contributed by atoms with Crippen molar-refractivity contribution in [2.75, 3.05) is 20.1 Å². The molecule has 1 nitrogen and oxygen atoms in total. The molecule has 2 heterocycles. The number of nitrogens with zero attached hydrogens (tertiary/aromatic N) is 1. The molecule has 0 aromatic rings. The molecule has 2 aliphatic rings. The maximum Gasteiger partial charge on any atom is 0.0176 e. The number of piperidine rings is 1. The third-order valence-corrected chi connectivity index (χ3v) is 3.62. The predicted molar refractivity (Wildman–Crippen MR) is 46.1 cm³/mol. The summed E-state index contributed by atoms with van der Waals surface area (Å²) in [4.78, 5) is 2.43. The highest BCUT2D eigenvalue weighted by molar-refractivity contribution is 8.03. The lowest BCUT2D eigenvalue weighted by Crippen LogP contribution is -2.37. The lowest BCUT2D eigenvalue weighted by Gasteiger charge is -2.31. The van der Waals surface area contributed by atoms with Crippen LogP contribution in [0.5, 0.6) is 0 Å².